The fourth-order valence-electron chi connectivity index (χ4n) is 1.43. The van der Waals surface area contributed by atoms with Gasteiger partial charge in [-0.15, -0.1) is 0 Å². The maximum absolute atomic E-state index is 13.1. The van der Waals surface area contributed by atoms with Crippen LogP contribution in [0.3, 0.4) is 0 Å². The molecule has 1 atom stereocenters. The molecule has 0 saturated heterocycles. The Bertz CT molecular complexity index is 333. The van der Waals surface area contributed by atoms with Gasteiger partial charge in [0.15, 0.2) is 0 Å². The van der Waals surface area contributed by atoms with Crippen molar-refractivity contribution in [3.05, 3.63) is 34.6 Å². The molecule has 0 aliphatic rings. The number of hydrogen-bond donors (Lipinski definition) is 1. The van der Waals surface area contributed by atoms with Crippen LogP contribution >= 0.6 is 11.6 Å². The average Bonchev–Trinajstić information content (AvgIpc) is 2.28. The number of nitrogens with one attached hydrogen (secondary N) is 1. The highest BCUT2D eigenvalue weighted by Gasteiger charge is 2.06. The third-order valence-corrected chi connectivity index (χ3v) is 2.75. The third kappa shape index (κ3) is 4.08. The summed E-state index contributed by atoms with van der Waals surface area (Å²) in [6.07, 6.45) is 0.976. The molecule has 0 radical (unpaired) electrons. The largest absolute Gasteiger partial charge is 0.383 e. The molecule has 0 aromatic heterocycles. The topological polar surface area (TPSA) is 21.3 Å². The Balaban J connectivity index is 2.50. The first-order valence-corrected chi connectivity index (χ1v) is 5.71. The van der Waals surface area contributed by atoms with Crippen LogP contribution in [-0.4, -0.2) is 19.8 Å². The first kappa shape index (κ1) is 13.4. The van der Waals surface area contributed by atoms with Gasteiger partial charge in [0.1, 0.15) is 5.82 Å². The van der Waals surface area contributed by atoms with Crippen LogP contribution in [0.4, 0.5) is 4.39 Å². The summed E-state index contributed by atoms with van der Waals surface area (Å²) in [7, 11) is 1.67. The quantitative estimate of drug-likeness (QED) is 0.832. The predicted molar refractivity (Wildman–Crippen MR) is 64.2 cm³/mol. The molecule has 90 valence electrons. The molecule has 1 aromatic carbocycles. The molecule has 0 aliphatic heterocycles. The van der Waals surface area contributed by atoms with Crippen molar-refractivity contribution < 1.29 is 9.13 Å². The lowest BCUT2D eigenvalue weighted by molar-refractivity contribution is 0.164. The Kier molecular flexibility index (Phi) is 5.74. The Hall–Kier alpha value is -0.640. The van der Waals surface area contributed by atoms with Crippen molar-refractivity contribution in [2.75, 3.05) is 13.7 Å². The standard InChI is InChI=1S/C12H17ClFNO/c1-3-10(8-16-2)15-7-9-4-5-11(13)12(14)6-9/h4-6,10,15H,3,7-8H2,1-2H3. The van der Waals surface area contributed by atoms with Crippen LogP contribution in [0.25, 0.3) is 0 Å². The fourth-order valence-corrected chi connectivity index (χ4v) is 1.55. The maximum atomic E-state index is 13.1. The van der Waals surface area contributed by atoms with E-state index < -0.39 is 0 Å². The summed E-state index contributed by atoms with van der Waals surface area (Å²) < 4.78 is 18.2. The van der Waals surface area contributed by atoms with Gasteiger partial charge in [-0.25, -0.2) is 4.39 Å². The van der Waals surface area contributed by atoms with Crippen LogP contribution in [0.15, 0.2) is 18.2 Å². The van der Waals surface area contributed by atoms with E-state index in [1.54, 1.807) is 13.2 Å². The van der Waals surface area contributed by atoms with Crippen molar-refractivity contribution in [3.63, 3.8) is 0 Å². The molecule has 1 aromatic rings. The van der Waals surface area contributed by atoms with E-state index in [1.807, 2.05) is 6.07 Å². The van der Waals surface area contributed by atoms with Crippen molar-refractivity contribution in [1.82, 2.24) is 5.32 Å². The molecule has 2 nitrogen and oxygen atoms in total. The second kappa shape index (κ2) is 6.84. The van der Waals surface area contributed by atoms with Gasteiger partial charge in [0.25, 0.3) is 0 Å². The Morgan fingerprint density at radius 2 is 2.25 bits per heavy atom. The van der Waals surface area contributed by atoms with Crippen molar-refractivity contribution >= 4 is 11.6 Å². The van der Waals surface area contributed by atoms with E-state index in [0.29, 0.717) is 19.2 Å². The number of methoxy groups -OCH3 is 1. The molecular weight excluding hydrogens is 229 g/mol. The smallest absolute Gasteiger partial charge is 0.142 e. The second-order valence-corrected chi connectivity index (χ2v) is 4.10. The highest BCUT2D eigenvalue weighted by molar-refractivity contribution is 6.30. The number of halogens is 2. The van der Waals surface area contributed by atoms with Gasteiger partial charge in [0.2, 0.25) is 0 Å². The lowest BCUT2D eigenvalue weighted by Crippen LogP contribution is -2.32. The lowest BCUT2D eigenvalue weighted by Gasteiger charge is -2.15. The Morgan fingerprint density at radius 3 is 2.81 bits per heavy atom. The summed E-state index contributed by atoms with van der Waals surface area (Å²) in [5, 5.41) is 3.46. The SMILES string of the molecule is CCC(COC)NCc1ccc(Cl)c(F)c1. The van der Waals surface area contributed by atoms with Gasteiger partial charge in [0, 0.05) is 19.7 Å². The van der Waals surface area contributed by atoms with Crippen LogP contribution < -0.4 is 5.32 Å². The van der Waals surface area contributed by atoms with E-state index in [-0.39, 0.29) is 10.8 Å². The molecule has 1 rings (SSSR count). The van der Waals surface area contributed by atoms with Crippen LogP contribution in [0.2, 0.25) is 5.02 Å². The molecule has 0 amide bonds. The molecule has 0 saturated carbocycles. The monoisotopic (exact) mass is 245 g/mol. The predicted octanol–water partition coefficient (Wildman–Crippen LogP) is 2.99. The summed E-state index contributed by atoms with van der Waals surface area (Å²) in [6.45, 7) is 3.36. The van der Waals surface area contributed by atoms with Crippen LogP contribution in [-0.2, 0) is 11.3 Å². The highest BCUT2D eigenvalue weighted by atomic mass is 35.5. The van der Waals surface area contributed by atoms with Crippen molar-refractivity contribution in [2.45, 2.75) is 25.9 Å². The summed E-state index contributed by atoms with van der Waals surface area (Å²) in [4.78, 5) is 0. The summed E-state index contributed by atoms with van der Waals surface area (Å²) >= 11 is 5.60. The van der Waals surface area contributed by atoms with Gasteiger partial charge in [-0.2, -0.15) is 0 Å². The number of hydrogen-bond acceptors (Lipinski definition) is 2. The maximum Gasteiger partial charge on any atom is 0.142 e. The van der Waals surface area contributed by atoms with E-state index in [2.05, 4.69) is 12.2 Å². The Labute approximate surface area is 101 Å². The molecule has 4 heteroatoms. The minimum Gasteiger partial charge on any atom is -0.383 e. The summed E-state index contributed by atoms with van der Waals surface area (Å²) in [6, 6.07) is 5.14. The molecular formula is C12H17ClFNO. The Morgan fingerprint density at radius 1 is 1.50 bits per heavy atom. The molecule has 1 N–H and O–H groups in total. The first-order valence-electron chi connectivity index (χ1n) is 5.33. The van der Waals surface area contributed by atoms with Gasteiger partial charge in [-0.05, 0) is 24.1 Å². The summed E-state index contributed by atoms with van der Waals surface area (Å²) in [5.41, 5.74) is 0.886. The van der Waals surface area contributed by atoms with Crippen molar-refractivity contribution in [2.24, 2.45) is 0 Å². The van der Waals surface area contributed by atoms with Gasteiger partial charge in [0.05, 0.1) is 11.6 Å². The van der Waals surface area contributed by atoms with Gasteiger partial charge < -0.3 is 10.1 Å². The number of ether oxygens (including phenoxy) is 1. The zero-order valence-corrected chi connectivity index (χ0v) is 10.4. The summed E-state index contributed by atoms with van der Waals surface area (Å²) in [5.74, 6) is -0.374. The second-order valence-electron chi connectivity index (χ2n) is 3.69. The third-order valence-electron chi connectivity index (χ3n) is 2.44. The molecule has 0 spiro atoms. The number of benzene rings is 1. The van der Waals surface area contributed by atoms with Gasteiger partial charge in [-0.1, -0.05) is 24.6 Å². The van der Waals surface area contributed by atoms with E-state index in [0.717, 1.165) is 12.0 Å². The van der Waals surface area contributed by atoms with Crippen LogP contribution in [0.5, 0.6) is 0 Å². The zero-order valence-electron chi connectivity index (χ0n) is 9.59. The minimum atomic E-state index is -0.374. The molecule has 0 aliphatic carbocycles. The first-order chi connectivity index (χ1) is 7.67. The highest BCUT2D eigenvalue weighted by Crippen LogP contribution is 2.15. The molecule has 0 fully saturated rings. The lowest BCUT2D eigenvalue weighted by atomic mass is 10.2. The van der Waals surface area contributed by atoms with E-state index >= 15 is 0 Å². The number of rotatable bonds is 6. The molecule has 16 heavy (non-hydrogen) atoms. The van der Waals surface area contributed by atoms with Gasteiger partial charge in [-0.3, -0.25) is 0 Å². The van der Waals surface area contributed by atoms with E-state index in [4.69, 9.17) is 16.3 Å². The van der Waals surface area contributed by atoms with E-state index in [1.165, 1.54) is 6.07 Å². The molecule has 1 unspecified atom stereocenters. The fraction of sp³-hybridized carbons (Fsp3) is 0.500. The van der Waals surface area contributed by atoms with Crippen LogP contribution in [0.1, 0.15) is 18.9 Å². The van der Waals surface area contributed by atoms with Crippen molar-refractivity contribution in [1.29, 1.82) is 0 Å². The minimum absolute atomic E-state index is 0.160. The van der Waals surface area contributed by atoms with Crippen molar-refractivity contribution in [3.8, 4) is 0 Å². The average molecular weight is 246 g/mol. The van der Waals surface area contributed by atoms with Gasteiger partial charge >= 0.3 is 0 Å². The molecule has 0 heterocycles. The van der Waals surface area contributed by atoms with E-state index in [9.17, 15) is 4.39 Å². The van der Waals surface area contributed by atoms with Crippen LogP contribution in [0, 0.1) is 5.82 Å². The molecule has 0 bridgehead atoms. The zero-order chi connectivity index (χ0) is 12.0. The normalized spacial score (nSPS) is 12.8.